The molecule has 1 aliphatic carbocycles. The van der Waals surface area contributed by atoms with Crippen molar-refractivity contribution in [3.8, 4) is 0 Å². The third kappa shape index (κ3) is 5.47. The van der Waals surface area contributed by atoms with Gasteiger partial charge in [0.2, 0.25) is 5.43 Å². The number of aromatic nitrogens is 2. The molecule has 206 valence electrons. The van der Waals surface area contributed by atoms with Crippen LogP contribution in [0.15, 0.2) is 70.2 Å². The van der Waals surface area contributed by atoms with Crippen LogP contribution in [0.25, 0.3) is 10.9 Å². The van der Waals surface area contributed by atoms with Crippen molar-refractivity contribution >= 4 is 39.6 Å². The first-order valence-corrected chi connectivity index (χ1v) is 14.1. The average Bonchev–Trinajstić information content (AvgIpc) is 3.66. The van der Waals surface area contributed by atoms with Crippen LogP contribution in [0.2, 0.25) is 0 Å². The van der Waals surface area contributed by atoms with Gasteiger partial charge in [0.25, 0.3) is 0 Å². The Labute approximate surface area is 233 Å². The van der Waals surface area contributed by atoms with Gasteiger partial charge in [-0.15, -0.1) is 11.3 Å². The fourth-order valence-corrected chi connectivity index (χ4v) is 5.64. The molecule has 40 heavy (non-hydrogen) atoms. The lowest BCUT2D eigenvalue weighted by Gasteiger charge is -2.36. The number of piperazine rings is 1. The van der Waals surface area contributed by atoms with E-state index in [4.69, 9.17) is 4.84 Å². The molecule has 2 fully saturated rings. The van der Waals surface area contributed by atoms with Crippen molar-refractivity contribution in [2.45, 2.75) is 25.5 Å². The van der Waals surface area contributed by atoms with Gasteiger partial charge in [-0.3, -0.25) is 9.69 Å². The molecule has 2 aliphatic rings. The Kier molecular flexibility index (Phi) is 7.31. The maximum Gasteiger partial charge on any atom is 0.341 e. The molecule has 2 aromatic heterocycles. The number of hydrogen-bond donors (Lipinski definition) is 1. The number of carboxylic acids is 1. The van der Waals surface area contributed by atoms with Crippen molar-refractivity contribution in [2.75, 3.05) is 37.6 Å². The number of fused-ring (bicyclic) bond motifs is 1. The lowest BCUT2D eigenvalue weighted by Crippen LogP contribution is -2.48. The zero-order valence-corrected chi connectivity index (χ0v) is 22.5. The van der Waals surface area contributed by atoms with Crippen molar-refractivity contribution in [1.29, 1.82) is 0 Å². The number of anilines is 1. The molecule has 6 rings (SSSR count). The molecule has 1 aliphatic heterocycles. The first-order chi connectivity index (χ1) is 19.5. The normalized spacial score (nSPS) is 16.4. The van der Waals surface area contributed by atoms with E-state index in [-0.39, 0.29) is 17.0 Å². The predicted octanol–water partition coefficient (Wildman–Crippen LogP) is 4.37. The molecule has 0 amide bonds. The fraction of sp³-hybridized carbons (Fsp3) is 0.310. The number of hydrogen-bond acceptors (Lipinski definition) is 8. The molecule has 1 N–H and O–H groups in total. The number of halogens is 1. The summed E-state index contributed by atoms with van der Waals surface area (Å²) >= 11 is 1.51. The lowest BCUT2D eigenvalue weighted by atomic mass is 10.1. The standard InChI is InChI=1S/C29H28FN5O4S/c30-23-14-21-25(35(20-6-7-20)16-22(27(21)36)29(37)38)15-26(23)34-11-9-33(10-12-34)17-24(28-31-8-13-40-28)32-39-18-19-4-2-1-3-5-19/h1-5,8,13-16,20H,6-7,9-12,17-18H2,(H,37,38)/b32-24+. The molecular formula is C29H28FN5O4S. The molecule has 0 radical (unpaired) electrons. The van der Waals surface area contributed by atoms with Gasteiger partial charge >= 0.3 is 5.97 Å². The first kappa shape index (κ1) is 26.1. The Balaban J connectivity index is 1.18. The second-order valence-corrected chi connectivity index (χ2v) is 10.9. The van der Waals surface area contributed by atoms with Crippen LogP contribution in [0.5, 0.6) is 0 Å². The SMILES string of the molecule is O=C(O)c1cn(C2CC2)c2cc(N3CCN(C/C(=N\OCc4ccccc4)c4nccs4)CC3)c(F)cc2c1=O. The summed E-state index contributed by atoms with van der Waals surface area (Å²) in [6, 6.07) is 12.9. The van der Waals surface area contributed by atoms with Gasteiger partial charge in [-0.1, -0.05) is 35.5 Å². The minimum absolute atomic E-state index is 0.103. The summed E-state index contributed by atoms with van der Waals surface area (Å²) in [5, 5.41) is 16.7. The second-order valence-electron chi connectivity index (χ2n) is 10.0. The Bertz CT molecular complexity index is 1610. The number of aromatic carboxylic acids is 1. The molecule has 0 atom stereocenters. The van der Waals surface area contributed by atoms with Crippen LogP contribution in [0.3, 0.4) is 0 Å². The average molecular weight is 562 g/mol. The quantitative estimate of drug-likeness (QED) is 0.239. The molecule has 0 spiro atoms. The van der Waals surface area contributed by atoms with Crippen LogP contribution < -0.4 is 10.3 Å². The molecule has 1 saturated heterocycles. The largest absolute Gasteiger partial charge is 0.477 e. The summed E-state index contributed by atoms with van der Waals surface area (Å²) in [5.74, 6) is -1.82. The summed E-state index contributed by atoms with van der Waals surface area (Å²) in [5.41, 5.74) is 1.79. The van der Waals surface area contributed by atoms with E-state index in [0.717, 1.165) is 29.1 Å². The fourth-order valence-electron chi connectivity index (χ4n) is 5.03. The molecule has 3 heterocycles. The van der Waals surface area contributed by atoms with Gasteiger partial charge in [0.05, 0.1) is 11.2 Å². The van der Waals surface area contributed by atoms with Gasteiger partial charge in [0.15, 0.2) is 0 Å². The summed E-state index contributed by atoms with van der Waals surface area (Å²) in [7, 11) is 0. The van der Waals surface area contributed by atoms with E-state index >= 15 is 4.39 Å². The Morgan fingerprint density at radius 1 is 1.15 bits per heavy atom. The molecule has 9 nitrogen and oxygen atoms in total. The van der Waals surface area contributed by atoms with E-state index in [9.17, 15) is 14.7 Å². The molecule has 11 heteroatoms. The van der Waals surface area contributed by atoms with Crippen LogP contribution in [0.1, 0.15) is 39.8 Å². The third-order valence-corrected chi connectivity index (χ3v) is 8.11. The maximum absolute atomic E-state index is 15.3. The van der Waals surface area contributed by atoms with Crippen molar-refractivity contribution in [3.63, 3.8) is 0 Å². The predicted molar refractivity (Wildman–Crippen MR) is 152 cm³/mol. The van der Waals surface area contributed by atoms with Crippen molar-refractivity contribution < 1.29 is 19.1 Å². The zero-order valence-electron chi connectivity index (χ0n) is 21.7. The molecule has 4 aromatic rings. The second kappa shape index (κ2) is 11.2. The maximum atomic E-state index is 15.3. The highest BCUT2D eigenvalue weighted by atomic mass is 32.1. The summed E-state index contributed by atoms with van der Waals surface area (Å²) < 4.78 is 17.2. The number of nitrogens with zero attached hydrogens (tertiary/aromatic N) is 5. The zero-order chi connectivity index (χ0) is 27.6. The van der Waals surface area contributed by atoms with Crippen LogP contribution in [0.4, 0.5) is 10.1 Å². The molecule has 1 saturated carbocycles. The molecular weight excluding hydrogens is 533 g/mol. The van der Waals surface area contributed by atoms with Gasteiger partial charge in [0.1, 0.15) is 28.7 Å². The lowest BCUT2D eigenvalue weighted by molar-refractivity contribution is 0.0695. The van der Waals surface area contributed by atoms with E-state index in [2.05, 4.69) is 15.0 Å². The number of oxime groups is 1. The first-order valence-electron chi connectivity index (χ1n) is 13.2. The Hall–Kier alpha value is -4.09. The summed E-state index contributed by atoms with van der Waals surface area (Å²) in [6.07, 6.45) is 4.96. The van der Waals surface area contributed by atoms with Crippen LogP contribution in [-0.2, 0) is 11.4 Å². The Morgan fingerprint density at radius 3 is 2.60 bits per heavy atom. The molecule has 2 aromatic carbocycles. The number of carbonyl (C=O) groups is 1. The summed E-state index contributed by atoms with van der Waals surface area (Å²) in [4.78, 5) is 38.7. The van der Waals surface area contributed by atoms with E-state index in [0.29, 0.717) is 50.5 Å². The van der Waals surface area contributed by atoms with E-state index < -0.39 is 17.2 Å². The number of carboxylic acid groups (broad SMARTS) is 1. The van der Waals surface area contributed by atoms with Crippen LogP contribution in [0, 0.1) is 5.82 Å². The van der Waals surface area contributed by atoms with Gasteiger partial charge in [-0.2, -0.15) is 0 Å². The van der Waals surface area contributed by atoms with Gasteiger partial charge in [-0.05, 0) is 30.5 Å². The highest BCUT2D eigenvalue weighted by Gasteiger charge is 2.29. The highest BCUT2D eigenvalue weighted by Crippen LogP contribution is 2.38. The van der Waals surface area contributed by atoms with Crippen molar-refractivity contribution in [2.24, 2.45) is 5.16 Å². The third-order valence-electron chi connectivity index (χ3n) is 7.29. The minimum Gasteiger partial charge on any atom is -0.477 e. The minimum atomic E-state index is -1.30. The van der Waals surface area contributed by atoms with Crippen LogP contribution in [-0.4, -0.2) is 64.0 Å². The van der Waals surface area contributed by atoms with Gasteiger partial charge in [-0.25, -0.2) is 14.2 Å². The number of rotatable bonds is 9. The molecule has 0 unspecified atom stereocenters. The van der Waals surface area contributed by atoms with Crippen molar-refractivity contribution in [1.82, 2.24) is 14.5 Å². The Morgan fingerprint density at radius 2 is 1.93 bits per heavy atom. The summed E-state index contributed by atoms with van der Waals surface area (Å²) in [6.45, 7) is 3.43. The monoisotopic (exact) mass is 561 g/mol. The van der Waals surface area contributed by atoms with E-state index in [1.165, 1.54) is 23.6 Å². The van der Waals surface area contributed by atoms with E-state index in [1.54, 1.807) is 12.3 Å². The molecule has 0 bridgehead atoms. The number of thiazole rings is 1. The highest BCUT2D eigenvalue weighted by molar-refractivity contribution is 7.11. The van der Waals surface area contributed by atoms with Gasteiger partial charge < -0.3 is 19.4 Å². The van der Waals surface area contributed by atoms with E-state index in [1.807, 2.05) is 45.2 Å². The number of benzene rings is 2. The van der Waals surface area contributed by atoms with Crippen molar-refractivity contribution in [3.05, 3.63) is 92.4 Å². The smallest absolute Gasteiger partial charge is 0.341 e. The topological polar surface area (TPSA) is 100 Å². The van der Waals surface area contributed by atoms with Crippen LogP contribution >= 0.6 is 11.3 Å². The van der Waals surface area contributed by atoms with Gasteiger partial charge in [0, 0.05) is 61.9 Å². The number of pyridine rings is 1.